The molecule has 0 unspecified atom stereocenters. The third-order valence-electron chi connectivity index (χ3n) is 4.64. The molecule has 4 rings (SSSR count). The summed E-state index contributed by atoms with van der Waals surface area (Å²) in [5.74, 6) is 2.72. The van der Waals surface area contributed by atoms with Crippen molar-refractivity contribution in [3.8, 4) is 11.4 Å². The summed E-state index contributed by atoms with van der Waals surface area (Å²) in [7, 11) is 1.67. The van der Waals surface area contributed by atoms with E-state index in [0.29, 0.717) is 16.6 Å². The van der Waals surface area contributed by atoms with E-state index in [1.165, 1.54) is 11.1 Å². The van der Waals surface area contributed by atoms with E-state index in [-0.39, 0.29) is 0 Å². The second-order valence-corrected chi connectivity index (χ2v) is 6.67. The van der Waals surface area contributed by atoms with Gasteiger partial charge >= 0.3 is 0 Å². The van der Waals surface area contributed by atoms with Crippen molar-refractivity contribution in [2.75, 3.05) is 7.11 Å². The van der Waals surface area contributed by atoms with Crippen molar-refractivity contribution < 1.29 is 4.74 Å². The second kappa shape index (κ2) is 5.91. The molecule has 1 fully saturated rings. The summed E-state index contributed by atoms with van der Waals surface area (Å²) < 4.78 is 7.98. The average Bonchev–Trinajstić information content (AvgIpc) is 3.30. The van der Waals surface area contributed by atoms with Crippen LogP contribution in [0.2, 0.25) is 0 Å². The van der Waals surface area contributed by atoms with Crippen LogP contribution in [0.5, 0.6) is 5.75 Å². The summed E-state index contributed by atoms with van der Waals surface area (Å²) in [6.45, 7) is 2.11. The first-order valence-electron chi connectivity index (χ1n) is 8.05. The number of methoxy groups -OCH3 is 1. The zero-order valence-corrected chi connectivity index (χ0v) is 14.5. The van der Waals surface area contributed by atoms with Gasteiger partial charge in [-0.15, -0.1) is 0 Å². The third kappa shape index (κ3) is 2.65. The Bertz CT molecular complexity index is 926. The van der Waals surface area contributed by atoms with E-state index in [1.54, 1.807) is 7.11 Å². The van der Waals surface area contributed by atoms with Crippen molar-refractivity contribution in [1.29, 1.82) is 0 Å². The molecule has 1 heterocycles. The van der Waals surface area contributed by atoms with E-state index in [1.807, 2.05) is 28.8 Å². The lowest BCUT2D eigenvalue weighted by Crippen LogP contribution is -2.01. The lowest BCUT2D eigenvalue weighted by molar-refractivity contribution is 0.414. The maximum absolute atomic E-state index is 5.46. The molecule has 24 heavy (non-hydrogen) atoms. The predicted molar refractivity (Wildman–Crippen MR) is 96.6 cm³/mol. The maximum Gasteiger partial charge on any atom is 0.199 e. The molecule has 0 spiro atoms. The van der Waals surface area contributed by atoms with Crippen molar-refractivity contribution in [2.24, 2.45) is 0 Å². The van der Waals surface area contributed by atoms with E-state index in [2.05, 4.69) is 41.4 Å². The van der Waals surface area contributed by atoms with Gasteiger partial charge in [0.05, 0.1) is 12.8 Å². The number of nitrogens with one attached hydrogen (secondary N) is 1. The Labute approximate surface area is 146 Å². The van der Waals surface area contributed by atoms with E-state index in [4.69, 9.17) is 17.0 Å². The molecule has 1 aliphatic rings. The van der Waals surface area contributed by atoms with E-state index in [0.717, 1.165) is 23.7 Å². The summed E-state index contributed by atoms with van der Waals surface area (Å²) in [6, 6.07) is 16.7. The van der Waals surface area contributed by atoms with Gasteiger partial charge in [0.25, 0.3) is 0 Å². The summed E-state index contributed by atoms with van der Waals surface area (Å²) >= 11 is 5.46. The van der Waals surface area contributed by atoms with Gasteiger partial charge in [0.2, 0.25) is 0 Å². The van der Waals surface area contributed by atoms with Crippen molar-refractivity contribution >= 4 is 12.2 Å². The highest BCUT2D eigenvalue weighted by atomic mass is 32.1. The van der Waals surface area contributed by atoms with E-state index < -0.39 is 0 Å². The van der Waals surface area contributed by atoms with Crippen LogP contribution in [-0.2, 0) is 0 Å². The Kier molecular flexibility index (Phi) is 3.73. The van der Waals surface area contributed by atoms with Gasteiger partial charge in [-0.05, 0) is 49.2 Å². The molecule has 1 saturated carbocycles. The Morgan fingerprint density at radius 1 is 1.17 bits per heavy atom. The minimum Gasteiger partial charge on any atom is -0.497 e. The Morgan fingerprint density at radius 3 is 2.71 bits per heavy atom. The van der Waals surface area contributed by atoms with Crippen LogP contribution in [0.25, 0.3) is 5.69 Å². The predicted octanol–water partition coefficient (Wildman–Crippen LogP) is 4.52. The number of rotatable bonds is 4. The standard InChI is InChI=1S/C19H19N3OS/c1-12-6-8-13(9-7-12)16-11-17(16)18-20-21-19(24)22(18)14-4-3-5-15(10-14)23-2/h3-10,16-17H,11H2,1-2H3,(H,21,24)/t16-,17+/m0/s1. The Hall–Kier alpha value is -2.40. The summed E-state index contributed by atoms with van der Waals surface area (Å²) in [4.78, 5) is 0. The molecule has 0 aliphatic heterocycles. The lowest BCUT2D eigenvalue weighted by atomic mass is 10.1. The monoisotopic (exact) mass is 337 g/mol. The topological polar surface area (TPSA) is 42.8 Å². The second-order valence-electron chi connectivity index (χ2n) is 6.28. The van der Waals surface area contributed by atoms with Crippen molar-refractivity contribution in [3.05, 3.63) is 70.3 Å². The van der Waals surface area contributed by atoms with E-state index >= 15 is 0 Å². The molecule has 1 N–H and O–H groups in total. The van der Waals surface area contributed by atoms with Crippen LogP contribution >= 0.6 is 12.2 Å². The average molecular weight is 337 g/mol. The zero-order chi connectivity index (χ0) is 16.7. The summed E-state index contributed by atoms with van der Waals surface area (Å²) in [5, 5.41) is 7.46. The Balaban J connectivity index is 1.68. The number of H-pyrrole nitrogens is 1. The normalized spacial score (nSPS) is 19.2. The summed E-state index contributed by atoms with van der Waals surface area (Å²) in [6.07, 6.45) is 1.10. The molecular weight excluding hydrogens is 318 g/mol. The number of aromatic amines is 1. The number of aryl methyl sites for hydroxylation is 1. The molecule has 0 amide bonds. The van der Waals surface area contributed by atoms with Crippen molar-refractivity contribution in [2.45, 2.75) is 25.2 Å². The van der Waals surface area contributed by atoms with Crippen LogP contribution < -0.4 is 4.74 Å². The molecule has 1 aromatic heterocycles. The summed E-state index contributed by atoms with van der Waals surface area (Å²) in [5.41, 5.74) is 3.64. The van der Waals surface area contributed by atoms with Gasteiger partial charge in [0, 0.05) is 12.0 Å². The molecule has 0 saturated heterocycles. The molecule has 4 nitrogen and oxygen atoms in total. The molecule has 5 heteroatoms. The van der Waals surface area contributed by atoms with Gasteiger partial charge in [0.1, 0.15) is 11.6 Å². The molecule has 1 aliphatic carbocycles. The largest absolute Gasteiger partial charge is 0.497 e. The van der Waals surface area contributed by atoms with Crippen molar-refractivity contribution in [1.82, 2.24) is 14.8 Å². The molecule has 2 atom stereocenters. The molecular formula is C19H19N3OS. The minimum atomic E-state index is 0.395. The minimum absolute atomic E-state index is 0.395. The molecule has 0 bridgehead atoms. The van der Waals surface area contributed by atoms with Gasteiger partial charge < -0.3 is 4.74 Å². The van der Waals surface area contributed by atoms with Crippen molar-refractivity contribution in [3.63, 3.8) is 0 Å². The SMILES string of the molecule is COc1cccc(-n2c([C@@H]3C[C@H]3c3ccc(C)cc3)n[nH]c2=S)c1. The first-order chi connectivity index (χ1) is 11.7. The van der Waals surface area contributed by atoms with Crippen LogP contribution in [0.1, 0.15) is 35.2 Å². The first kappa shape index (κ1) is 15.1. The highest BCUT2D eigenvalue weighted by Crippen LogP contribution is 2.54. The fraction of sp³-hybridized carbons (Fsp3) is 0.263. The highest BCUT2D eigenvalue weighted by molar-refractivity contribution is 7.71. The lowest BCUT2D eigenvalue weighted by Gasteiger charge is -2.08. The molecule has 2 aromatic carbocycles. The maximum atomic E-state index is 5.46. The van der Waals surface area contributed by atoms with E-state index in [9.17, 15) is 0 Å². The number of aromatic nitrogens is 3. The first-order valence-corrected chi connectivity index (χ1v) is 8.46. The third-order valence-corrected chi connectivity index (χ3v) is 4.91. The fourth-order valence-electron chi connectivity index (χ4n) is 3.22. The van der Waals surface area contributed by atoms with Crippen LogP contribution in [0, 0.1) is 11.7 Å². The number of hydrogen-bond acceptors (Lipinski definition) is 3. The number of nitrogens with zero attached hydrogens (tertiary/aromatic N) is 2. The number of ether oxygens (including phenoxy) is 1. The van der Waals surface area contributed by atoms with Gasteiger partial charge in [-0.25, -0.2) is 0 Å². The number of benzene rings is 2. The zero-order valence-electron chi connectivity index (χ0n) is 13.7. The van der Waals surface area contributed by atoms with Gasteiger partial charge in [-0.1, -0.05) is 35.9 Å². The molecule has 122 valence electrons. The van der Waals surface area contributed by atoms with Crippen LogP contribution in [0.15, 0.2) is 48.5 Å². The van der Waals surface area contributed by atoms with Gasteiger partial charge in [0.15, 0.2) is 4.77 Å². The Morgan fingerprint density at radius 2 is 1.96 bits per heavy atom. The fourth-order valence-corrected chi connectivity index (χ4v) is 3.46. The quantitative estimate of drug-likeness (QED) is 0.712. The van der Waals surface area contributed by atoms with Crippen LogP contribution in [0.4, 0.5) is 0 Å². The number of hydrogen-bond donors (Lipinski definition) is 1. The van der Waals surface area contributed by atoms with Gasteiger partial charge in [-0.2, -0.15) is 5.10 Å². The molecule has 0 radical (unpaired) electrons. The highest BCUT2D eigenvalue weighted by Gasteiger charge is 2.43. The van der Waals surface area contributed by atoms with Crippen LogP contribution in [-0.4, -0.2) is 21.9 Å². The smallest absolute Gasteiger partial charge is 0.199 e. The van der Waals surface area contributed by atoms with Gasteiger partial charge in [-0.3, -0.25) is 9.67 Å². The van der Waals surface area contributed by atoms with Crippen LogP contribution in [0.3, 0.4) is 0 Å². The molecule has 3 aromatic rings.